The summed E-state index contributed by atoms with van der Waals surface area (Å²) >= 11 is 1.59. The van der Waals surface area contributed by atoms with Gasteiger partial charge in [0.1, 0.15) is 0 Å². The lowest BCUT2D eigenvalue weighted by atomic mass is 10.0. The molecule has 5 nitrogen and oxygen atoms in total. The molecule has 0 amide bonds. The first-order chi connectivity index (χ1) is 11.5. The Kier molecular flexibility index (Phi) is 4.49. The average molecular weight is 342 g/mol. The topological polar surface area (TPSA) is 63.5 Å². The lowest BCUT2D eigenvalue weighted by Gasteiger charge is -2.06. The molecule has 0 fully saturated rings. The number of hydrogen-bond donors (Lipinski definition) is 0. The van der Waals surface area contributed by atoms with Crippen molar-refractivity contribution in [1.29, 1.82) is 0 Å². The monoisotopic (exact) mass is 342 g/mol. The number of hydrogen-bond acceptors (Lipinski definition) is 5. The first-order valence-corrected chi connectivity index (χ1v) is 8.57. The minimum absolute atomic E-state index is 0.0374. The van der Waals surface area contributed by atoms with Crippen LogP contribution >= 0.6 is 11.3 Å². The number of nitro groups is 1. The van der Waals surface area contributed by atoms with Crippen molar-refractivity contribution in [1.82, 2.24) is 4.90 Å². The van der Waals surface area contributed by atoms with E-state index in [9.17, 15) is 14.9 Å². The Hall–Kier alpha value is -2.47. The van der Waals surface area contributed by atoms with Crippen LogP contribution in [0, 0.1) is 10.1 Å². The van der Waals surface area contributed by atoms with Gasteiger partial charge in [0.25, 0.3) is 5.69 Å². The van der Waals surface area contributed by atoms with Crippen LogP contribution in [0.3, 0.4) is 0 Å². The molecule has 1 aliphatic carbocycles. The molecule has 0 unspecified atom stereocenters. The third-order valence-electron chi connectivity index (χ3n) is 4.01. The van der Waals surface area contributed by atoms with Crippen LogP contribution in [0.4, 0.5) is 5.69 Å². The number of fused-ring (bicyclic) bond motifs is 1. The summed E-state index contributed by atoms with van der Waals surface area (Å²) in [5.41, 5.74) is 2.62. The Morgan fingerprint density at radius 1 is 1.33 bits per heavy atom. The highest BCUT2D eigenvalue weighted by molar-refractivity contribution is 7.16. The van der Waals surface area contributed by atoms with Crippen molar-refractivity contribution in [3.63, 3.8) is 0 Å². The zero-order chi connectivity index (χ0) is 17.3. The van der Waals surface area contributed by atoms with Gasteiger partial charge in [-0.15, -0.1) is 11.3 Å². The zero-order valence-electron chi connectivity index (χ0n) is 13.6. The average Bonchev–Trinajstić information content (AvgIpc) is 3.13. The maximum absolute atomic E-state index is 12.7. The summed E-state index contributed by atoms with van der Waals surface area (Å²) in [6, 6.07) is 6.52. The van der Waals surface area contributed by atoms with Crippen molar-refractivity contribution < 1.29 is 9.72 Å². The number of nitro benzene ring substituents is 1. The molecule has 0 spiro atoms. The number of allylic oxidation sites excluding steroid dienone is 1. The summed E-state index contributed by atoms with van der Waals surface area (Å²) < 4.78 is 0. The van der Waals surface area contributed by atoms with Gasteiger partial charge >= 0.3 is 0 Å². The van der Waals surface area contributed by atoms with Crippen molar-refractivity contribution >= 4 is 22.8 Å². The van der Waals surface area contributed by atoms with Crippen LogP contribution in [0.1, 0.15) is 27.2 Å². The van der Waals surface area contributed by atoms with E-state index < -0.39 is 4.92 Å². The normalized spacial score (nSPS) is 13.2. The molecule has 2 aromatic rings. The predicted octanol–water partition coefficient (Wildman–Crippen LogP) is 4.07. The summed E-state index contributed by atoms with van der Waals surface area (Å²) in [7, 11) is 3.73. The molecule has 0 saturated carbocycles. The molecule has 0 radical (unpaired) electrons. The van der Waals surface area contributed by atoms with Crippen LogP contribution in [0.25, 0.3) is 10.4 Å². The molecule has 1 aromatic heterocycles. The van der Waals surface area contributed by atoms with Crippen LogP contribution in [0.15, 0.2) is 36.5 Å². The molecule has 0 N–H and O–H groups in total. The van der Waals surface area contributed by atoms with E-state index in [2.05, 4.69) is 0 Å². The fourth-order valence-electron chi connectivity index (χ4n) is 2.93. The number of benzene rings is 1. The highest BCUT2D eigenvalue weighted by Crippen LogP contribution is 2.42. The van der Waals surface area contributed by atoms with Crippen molar-refractivity contribution in [2.75, 3.05) is 14.1 Å². The SMILES string of the molecule is CN(C)/C=C/C(=O)c1c(-c2cccc([N+](=O)[O-])c2)sc2c1CCC2. The number of carbonyl (C=O) groups excluding carboxylic acids is 1. The van der Waals surface area contributed by atoms with Gasteiger partial charge in [0, 0.05) is 53.8 Å². The van der Waals surface area contributed by atoms with Gasteiger partial charge in [-0.1, -0.05) is 12.1 Å². The molecule has 0 aliphatic heterocycles. The van der Waals surface area contributed by atoms with E-state index in [0.29, 0.717) is 5.56 Å². The van der Waals surface area contributed by atoms with Crippen LogP contribution < -0.4 is 0 Å². The number of ketones is 1. The Bertz CT molecular complexity index is 837. The Labute approximate surface area is 144 Å². The van der Waals surface area contributed by atoms with Crippen LogP contribution in [0.5, 0.6) is 0 Å². The van der Waals surface area contributed by atoms with E-state index in [1.807, 2.05) is 25.1 Å². The molecule has 0 atom stereocenters. The lowest BCUT2D eigenvalue weighted by Crippen LogP contribution is -2.04. The number of nitrogens with zero attached hydrogens (tertiary/aromatic N) is 2. The van der Waals surface area contributed by atoms with Gasteiger partial charge < -0.3 is 4.90 Å². The van der Waals surface area contributed by atoms with Gasteiger partial charge in [-0.05, 0) is 30.4 Å². The molecule has 24 heavy (non-hydrogen) atoms. The molecular weight excluding hydrogens is 324 g/mol. The third-order valence-corrected chi connectivity index (χ3v) is 5.35. The molecule has 124 valence electrons. The lowest BCUT2D eigenvalue weighted by molar-refractivity contribution is -0.384. The summed E-state index contributed by atoms with van der Waals surface area (Å²) in [5, 5.41) is 11.0. The third kappa shape index (κ3) is 3.10. The number of non-ortho nitro benzene ring substituents is 1. The van der Waals surface area contributed by atoms with Gasteiger partial charge in [0.2, 0.25) is 0 Å². The predicted molar refractivity (Wildman–Crippen MR) is 95.6 cm³/mol. The van der Waals surface area contributed by atoms with E-state index in [0.717, 1.165) is 35.3 Å². The smallest absolute Gasteiger partial charge is 0.270 e. The number of carbonyl (C=O) groups is 1. The number of rotatable bonds is 5. The fraction of sp³-hybridized carbons (Fsp3) is 0.278. The minimum Gasteiger partial charge on any atom is -0.383 e. The second-order valence-corrected chi connectivity index (χ2v) is 7.12. The summed E-state index contributed by atoms with van der Waals surface area (Å²) in [6.45, 7) is 0. The largest absolute Gasteiger partial charge is 0.383 e. The van der Waals surface area contributed by atoms with E-state index in [1.54, 1.807) is 35.7 Å². The second-order valence-electron chi connectivity index (χ2n) is 6.01. The standard InChI is InChI=1S/C18H18N2O3S/c1-19(2)10-9-15(21)17-14-7-4-8-16(14)24-18(17)12-5-3-6-13(11-12)20(22)23/h3,5-6,9-11H,4,7-8H2,1-2H3/b10-9+. The van der Waals surface area contributed by atoms with E-state index in [1.165, 1.54) is 10.9 Å². The van der Waals surface area contributed by atoms with Crippen LogP contribution in [-0.4, -0.2) is 29.7 Å². The first-order valence-electron chi connectivity index (χ1n) is 7.75. The molecule has 3 rings (SSSR count). The van der Waals surface area contributed by atoms with Gasteiger partial charge in [0.15, 0.2) is 5.78 Å². The second kappa shape index (κ2) is 6.57. The maximum atomic E-state index is 12.7. The van der Waals surface area contributed by atoms with E-state index in [4.69, 9.17) is 0 Å². The van der Waals surface area contributed by atoms with Crippen molar-refractivity contribution in [2.45, 2.75) is 19.3 Å². The number of thiophene rings is 1. The van der Waals surface area contributed by atoms with Crippen molar-refractivity contribution in [3.8, 4) is 10.4 Å². The van der Waals surface area contributed by atoms with Crippen LogP contribution in [0.2, 0.25) is 0 Å². The number of aryl methyl sites for hydroxylation is 1. The molecule has 6 heteroatoms. The highest BCUT2D eigenvalue weighted by atomic mass is 32.1. The molecule has 1 heterocycles. The van der Waals surface area contributed by atoms with E-state index >= 15 is 0 Å². The Morgan fingerprint density at radius 3 is 2.83 bits per heavy atom. The molecular formula is C18H18N2O3S. The Balaban J connectivity index is 2.10. The summed E-state index contributed by atoms with van der Waals surface area (Å²) in [5.74, 6) is -0.0374. The molecule has 1 aliphatic rings. The van der Waals surface area contributed by atoms with Gasteiger partial charge in [-0.3, -0.25) is 14.9 Å². The van der Waals surface area contributed by atoms with Crippen molar-refractivity contribution in [2.24, 2.45) is 0 Å². The molecule has 1 aromatic carbocycles. The molecule has 0 bridgehead atoms. The van der Waals surface area contributed by atoms with Gasteiger partial charge in [-0.25, -0.2) is 0 Å². The minimum atomic E-state index is -0.405. The summed E-state index contributed by atoms with van der Waals surface area (Å²) in [6.07, 6.45) is 6.25. The highest BCUT2D eigenvalue weighted by Gasteiger charge is 2.26. The zero-order valence-corrected chi connectivity index (χ0v) is 14.4. The van der Waals surface area contributed by atoms with Crippen molar-refractivity contribution in [3.05, 3.63) is 62.7 Å². The quantitative estimate of drug-likeness (QED) is 0.356. The maximum Gasteiger partial charge on any atom is 0.270 e. The Morgan fingerprint density at radius 2 is 2.12 bits per heavy atom. The van der Waals surface area contributed by atoms with Gasteiger partial charge in [-0.2, -0.15) is 0 Å². The first kappa shape index (κ1) is 16.4. The molecule has 0 saturated heterocycles. The summed E-state index contributed by atoms with van der Waals surface area (Å²) in [4.78, 5) is 27.3. The van der Waals surface area contributed by atoms with Crippen LogP contribution in [-0.2, 0) is 12.8 Å². The van der Waals surface area contributed by atoms with Gasteiger partial charge in [0.05, 0.1) is 4.92 Å². The fourth-order valence-corrected chi connectivity index (χ4v) is 4.32. The van der Waals surface area contributed by atoms with E-state index in [-0.39, 0.29) is 11.5 Å².